The lowest BCUT2D eigenvalue weighted by molar-refractivity contribution is 0.0732. The van der Waals surface area contributed by atoms with Gasteiger partial charge in [0.25, 0.3) is 6.26 Å². The monoisotopic (exact) mass is 239 g/mol. The molecule has 4 heteroatoms. The maximum Gasteiger partial charge on any atom is 0.347 e. The third kappa shape index (κ3) is 2.66. The van der Waals surface area contributed by atoms with E-state index in [0.29, 0.717) is 5.75 Å². The molecule has 0 aliphatic heterocycles. The first-order valence-corrected chi connectivity index (χ1v) is 5.23. The molecular weight excluding hydrogens is 230 g/mol. The highest BCUT2D eigenvalue weighted by molar-refractivity contribution is 5.94. The number of nitrogens with zero attached hydrogens (tertiary/aromatic N) is 1. The van der Waals surface area contributed by atoms with Gasteiger partial charge in [-0.3, -0.25) is 0 Å². The molecule has 18 heavy (non-hydrogen) atoms. The number of rotatable bonds is 3. The van der Waals surface area contributed by atoms with Gasteiger partial charge in [0.1, 0.15) is 11.3 Å². The lowest BCUT2D eigenvalue weighted by Crippen LogP contribution is -2.09. The maximum atomic E-state index is 11.9. The number of ether oxygens (including phenoxy) is 2. The van der Waals surface area contributed by atoms with Crippen LogP contribution in [0.4, 0.5) is 0 Å². The van der Waals surface area contributed by atoms with E-state index >= 15 is 0 Å². The first-order valence-electron chi connectivity index (χ1n) is 5.23. The summed E-state index contributed by atoms with van der Waals surface area (Å²) in [5.41, 5.74) is 0.211. The molecule has 0 saturated carbocycles. The van der Waals surface area contributed by atoms with Gasteiger partial charge >= 0.3 is 5.97 Å². The van der Waals surface area contributed by atoms with E-state index in [1.165, 1.54) is 18.4 Å². The molecular formula is C14H9NO3. The highest BCUT2D eigenvalue weighted by Gasteiger charge is 2.14. The minimum absolute atomic E-state index is 0.181. The Labute approximate surface area is 104 Å². The number of para-hydroxylation sites is 2. The van der Waals surface area contributed by atoms with E-state index < -0.39 is 5.97 Å². The van der Waals surface area contributed by atoms with Crippen LogP contribution in [-0.2, 0) is 0 Å². The van der Waals surface area contributed by atoms with Crippen LogP contribution in [0.5, 0.6) is 11.5 Å². The molecule has 0 heterocycles. The van der Waals surface area contributed by atoms with Gasteiger partial charge in [0.15, 0.2) is 5.75 Å². The maximum absolute atomic E-state index is 11.9. The Balaban J connectivity index is 2.22. The van der Waals surface area contributed by atoms with Crippen LogP contribution in [0.15, 0.2) is 54.6 Å². The van der Waals surface area contributed by atoms with Gasteiger partial charge in [0.05, 0.1) is 0 Å². The van der Waals surface area contributed by atoms with Crippen LogP contribution < -0.4 is 9.47 Å². The summed E-state index contributed by atoms with van der Waals surface area (Å²) in [4.78, 5) is 11.9. The van der Waals surface area contributed by atoms with Crippen LogP contribution in [-0.4, -0.2) is 5.97 Å². The van der Waals surface area contributed by atoms with Gasteiger partial charge in [-0.1, -0.05) is 30.3 Å². The van der Waals surface area contributed by atoms with E-state index in [0.717, 1.165) is 0 Å². The predicted octanol–water partition coefficient (Wildman–Crippen LogP) is 2.77. The number of carbonyl (C=O) groups excluding carboxylic acids is 1. The molecule has 2 aromatic carbocycles. The standard InChI is InChI=1S/C14H9NO3/c15-10-17-13-9-5-4-8-12(13)14(16)18-11-6-2-1-3-7-11/h1-9H. The van der Waals surface area contributed by atoms with Gasteiger partial charge in [-0.15, -0.1) is 5.26 Å². The summed E-state index contributed by atoms with van der Waals surface area (Å²) >= 11 is 0. The summed E-state index contributed by atoms with van der Waals surface area (Å²) in [5.74, 6) is 0.0576. The van der Waals surface area contributed by atoms with Crippen molar-refractivity contribution in [1.29, 1.82) is 5.26 Å². The Bertz CT molecular complexity index is 587. The molecule has 2 aromatic rings. The van der Waals surface area contributed by atoms with Crippen molar-refractivity contribution in [3.63, 3.8) is 0 Å². The largest absolute Gasteiger partial charge is 0.423 e. The summed E-state index contributed by atoms with van der Waals surface area (Å²) < 4.78 is 9.86. The van der Waals surface area contributed by atoms with Crippen LogP contribution >= 0.6 is 0 Å². The molecule has 0 spiro atoms. The van der Waals surface area contributed by atoms with Crippen LogP contribution in [0.25, 0.3) is 0 Å². The molecule has 0 aromatic heterocycles. The van der Waals surface area contributed by atoms with Crippen molar-refractivity contribution in [1.82, 2.24) is 0 Å². The van der Waals surface area contributed by atoms with Crippen molar-refractivity contribution in [2.24, 2.45) is 0 Å². The number of benzene rings is 2. The molecule has 4 nitrogen and oxygen atoms in total. The summed E-state index contributed by atoms with van der Waals surface area (Å²) in [6.07, 6.45) is 1.54. The Morgan fingerprint density at radius 3 is 2.39 bits per heavy atom. The van der Waals surface area contributed by atoms with Crippen molar-refractivity contribution >= 4 is 5.97 Å². The van der Waals surface area contributed by atoms with E-state index in [9.17, 15) is 4.79 Å². The predicted molar refractivity (Wildman–Crippen MR) is 64.1 cm³/mol. The van der Waals surface area contributed by atoms with Gasteiger partial charge in [0.2, 0.25) is 0 Å². The van der Waals surface area contributed by atoms with Crippen molar-refractivity contribution in [3.8, 4) is 17.8 Å². The summed E-state index contributed by atoms with van der Waals surface area (Å²) in [6, 6.07) is 15.1. The molecule has 0 fully saturated rings. The summed E-state index contributed by atoms with van der Waals surface area (Å²) in [6.45, 7) is 0. The lowest BCUT2D eigenvalue weighted by Gasteiger charge is -2.06. The van der Waals surface area contributed by atoms with Gasteiger partial charge in [-0.05, 0) is 24.3 Å². The van der Waals surface area contributed by atoms with Crippen molar-refractivity contribution in [2.45, 2.75) is 0 Å². The molecule has 2 rings (SSSR count). The minimum atomic E-state index is -0.563. The first-order chi connectivity index (χ1) is 8.81. The first kappa shape index (κ1) is 11.7. The average molecular weight is 239 g/mol. The highest BCUT2D eigenvalue weighted by atomic mass is 16.5. The van der Waals surface area contributed by atoms with Crippen LogP contribution in [0, 0.1) is 11.5 Å². The van der Waals surface area contributed by atoms with Crippen LogP contribution in [0.3, 0.4) is 0 Å². The molecule has 0 N–H and O–H groups in total. The van der Waals surface area contributed by atoms with Gasteiger partial charge in [-0.2, -0.15) is 0 Å². The van der Waals surface area contributed by atoms with E-state index in [1.54, 1.807) is 36.4 Å². The van der Waals surface area contributed by atoms with Crippen molar-refractivity contribution in [3.05, 3.63) is 60.2 Å². The third-order valence-electron chi connectivity index (χ3n) is 2.22. The molecule has 0 amide bonds. The van der Waals surface area contributed by atoms with Gasteiger partial charge in [0, 0.05) is 0 Å². The fourth-order valence-electron chi connectivity index (χ4n) is 1.42. The Kier molecular flexibility index (Phi) is 3.57. The molecule has 88 valence electrons. The van der Waals surface area contributed by atoms with Crippen molar-refractivity contribution in [2.75, 3.05) is 0 Å². The molecule has 0 aliphatic carbocycles. The zero-order chi connectivity index (χ0) is 12.8. The molecule has 0 radical (unpaired) electrons. The van der Waals surface area contributed by atoms with E-state index in [1.807, 2.05) is 6.07 Å². The Hall–Kier alpha value is -2.80. The Morgan fingerprint density at radius 2 is 1.67 bits per heavy atom. The smallest absolute Gasteiger partial charge is 0.347 e. The summed E-state index contributed by atoms with van der Waals surface area (Å²) in [7, 11) is 0. The Morgan fingerprint density at radius 1 is 1.00 bits per heavy atom. The number of hydrogen-bond donors (Lipinski definition) is 0. The summed E-state index contributed by atoms with van der Waals surface area (Å²) in [5, 5.41) is 8.49. The zero-order valence-corrected chi connectivity index (χ0v) is 9.37. The number of hydrogen-bond acceptors (Lipinski definition) is 4. The number of esters is 1. The second kappa shape index (κ2) is 5.51. The van der Waals surface area contributed by atoms with Crippen molar-refractivity contribution < 1.29 is 14.3 Å². The molecule has 0 unspecified atom stereocenters. The molecule has 0 aliphatic rings. The van der Waals surface area contributed by atoms with Gasteiger partial charge in [-0.25, -0.2) is 4.79 Å². The topological polar surface area (TPSA) is 59.3 Å². The molecule has 0 bridgehead atoms. The van der Waals surface area contributed by atoms with Crippen LogP contribution in [0.2, 0.25) is 0 Å². The number of carbonyl (C=O) groups is 1. The van der Waals surface area contributed by atoms with E-state index in [-0.39, 0.29) is 11.3 Å². The minimum Gasteiger partial charge on any atom is -0.423 e. The van der Waals surface area contributed by atoms with E-state index in [2.05, 4.69) is 0 Å². The molecule has 0 saturated heterocycles. The zero-order valence-electron chi connectivity index (χ0n) is 9.37. The SMILES string of the molecule is N#COc1ccccc1C(=O)Oc1ccccc1. The fourth-order valence-corrected chi connectivity index (χ4v) is 1.42. The van der Waals surface area contributed by atoms with Crippen LogP contribution in [0.1, 0.15) is 10.4 Å². The van der Waals surface area contributed by atoms with E-state index in [4.69, 9.17) is 14.7 Å². The molecule has 0 atom stereocenters. The second-order valence-electron chi connectivity index (χ2n) is 3.39. The third-order valence-corrected chi connectivity index (χ3v) is 2.22. The highest BCUT2D eigenvalue weighted by Crippen LogP contribution is 2.20. The number of nitriles is 1. The normalized spacial score (nSPS) is 9.28. The quantitative estimate of drug-likeness (QED) is 0.469. The second-order valence-corrected chi connectivity index (χ2v) is 3.39. The average Bonchev–Trinajstić information content (AvgIpc) is 2.41. The van der Waals surface area contributed by atoms with Gasteiger partial charge < -0.3 is 9.47 Å². The lowest BCUT2D eigenvalue weighted by atomic mass is 10.2. The fraction of sp³-hybridized carbons (Fsp3) is 0.